The molecule has 12 heteroatoms. The number of carbonyl (C=O) groups is 2. The zero-order valence-corrected chi connectivity index (χ0v) is 23.5. The third-order valence-corrected chi connectivity index (χ3v) is 7.89. The van der Waals surface area contributed by atoms with Crippen molar-refractivity contribution in [3.05, 3.63) is 65.6 Å². The zero-order valence-electron chi connectivity index (χ0n) is 18.9. The fraction of sp³-hybridized carbons (Fsp3) is 0.348. The molecule has 2 N–H and O–H groups in total. The van der Waals surface area contributed by atoms with Crippen LogP contribution in [0.4, 0.5) is 4.39 Å². The summed E-state index contributed by atoms with van der Waals surface area (Å²) in [6.07, 6.45) is 3.65. The van der Waals surface area contributed by atoms with Crippen molar-refractivity contribution < 1.29 is 52.0 Å². The number of halogens is 3. The van der Waals surface area contributed by atoms with E-state index in [2.05, 4.69) is 0 Å². The third-order valence-electron chi connectivity index (χ3n) is 5.43. The smallest absolute Gasteiger partial charge is 0.355 e. The fourth-order valence-corrected chi connectivity index (χ4v) is 5.89. The highest BCUT2D eigenvalue weighted by Crippen LogP contribution is 2.41. The molecule has 0 aliphatic carbocycles. The minimum Gasteiger partial charge on any atom is -1.00 e. The van der Waals surface area contributed by atoms with E-state index in [4.69, 9.17) is 15.2 Å². The van der Waals surface area contributed by atoms with Crippen LogP contribution in [0.15, 0.2) is 65.0 Å². The number of nitrogens with zero attached hydrogens (tertiary/aromatic N) is 2. The van der Waals surface area contributed by atoms with Gasteiger partial charge in [-0.2, -0.15) is 0 Å². The van der Waals surface area contributed by atoms with E-state index in [0.29, 0.717) is 23.7 Å². The van der Waals surface area contributed by atoms with Crippen LogP contribution in [0.5, 0.6) is 5.75 Å². The van der Waals surface area contributed by atoms with Crippen molar-refractivity contribution in [1.29, 1.82) is 0 Å². The van der Waals surface area contributed by atoms with Gasteiger partial charge in [0, 0.05) is 28.5 Å². The van der Waals surface area contributed by atoms with E-state index in [1.54, 1.807) is 47.3 Å². The molecule has 1 aromatic heterocycles. The molecule has 1 amide bonds. The summed E-state index contributed by atoms with van der Waals surface area (Å²) in [5.74, 6) is 1.05. The van der Waals surface area contributed by atoms with Crippen LogP contribution >= 0.6 is 35.9 Å². The molecule has 190 valence electrons. The number of amides is 1. The molecule has 1 unspecified atom stereocenters. The Morgan fingerprint density at radius 1 is 1.26 bits per heavy atom. The number of hydrogen-bond donors (Lipinski definition) is 1. The Morgan fingerprint density at radius 2 is 1.94 bits per heavy atom. The molecular formula is C23H26ClFIN3O4S2. The van der Waals surface area contributed by atoms with Crippen molar-refractivity contribution in [1.82, 2.24) is 4.90 Å². The Labute approximate surface area is 235 Å². The number of ether oxygens (including phenoxy) is 2. The summed E-state index contributed by atoms with van der Waals surface area (Å²) in [4.78, 5) is 28.0. The minimum absolute atomic E-state index is 0. The highest BCUT2D eigenvalue weighted by molar-refractivity contribution is 8.01. The molecule has 3 heterocycles. The number of hydrogen-bond acceptors (Lipinski definition) is 7. The number of benzene rings is 1. The van der Waals surface area contributed by atoms with Crippen molar-refractivity contribution in [2.24, 2.45) is 5.73 Å². The number of rotatable bonds is 9. The first kappa shape index (κ1) is 29.7. The number of aryl methyl sites for hydroxylation is 1. The number of esters is 1. The molecule has 1 fully saturated rings. The van der Waals surface area contributed by atoms with Crippen LogP contribution in [0.3, 0.4) is 0 Å². The maximum atomic E-state index is 13.1. The summed E-state index contributed by atoms with van der Waals surface area (Å²) in [6.45, 7) is -0.0159. The molecule has 2 aliphatic rings. The molecule has 2 aromatic rings. The number of methoxy groups -OCH3 is 1. The van der Waals surface area contributed by atoms with Gasteiger partial charge >= 0.3 is 5.97 Å². The van der Waals surface area contributed by atoms with Gasteiger partial charge in [-0.05, 0) is 23.3 Å². The second-order valence-electron chi connectivity index (χ2n) is 7.56. The number of aromatic nitrogens is 1. The predicted molar refractivity (Wildman–Crippen MR) is 131 cm³/mol. The Bertz CT molecular complexity index is 1060. The molecule has 2 aliphatic heterocycles. The summed E-state index contributed by atoms with van der Waals surface area (Å²) in [5, 5.41) is -0.244. The molecule has 1 saturated heterocycles. The largest absolute Gasteiger partial charge is 1.00 e. The number of fused-ring (bicyclic) bond motifs is 1. The van der Waals surface area contributed by atoms with Gasteiger partial charge in [0.25, 0.3) is 0 Å². The number of β-lactam (4-membered cyclic amide) rings is 1. The van der Waals surface area contributed by atoms with Gasteiger partial charge in [-0.25, -0.2) is 13.8 Å². The lowest BCUT2D eigenvalue weighted by Crippen LogP contribution is -3.00. The lowest BCUT2D eigenvalue weighted by atomic mass is 10.0. The van der Waals surface area contributed by atoms with Crippen LogP contribution in [0.1, 0.15) is 5.56 Å². The normalized spacial score (nSPS) is 18.6. The summed E-state index contributed by atoms with van der Waals surface area (Å²) in [5.41, 5.74) is 7.90. The van der Waals surface area contributed by atoms with Crippen LogP contribution in [-0.4, -0.2) is 53.5 Å². The summed E-state index contributed by atoms with van der Waals surface area (Å²) < 4.78 is 25.0. The Kier molecular flexibility index (Phi) is 11.6. The Morgan fingerprint density at radius 3 is 2.57 bits per heavy atom. The molecule has 0 radical (unpaired) electrons. The first-order chi connectivity index (χ1) is 16.0. The van der Waals surface area contributed by atoms with E-state index in [-0.39, 0.29) is 54.3 Å². The van der Waals surface area contributed by atoms with Gasteiger partial charge in [0.2, 0.25) is 5.91 Å². The average molecular weight is 654 g/mol. The van der Waals surface area contributed by atoms with Gasteiger partial charge in [0.1, 0.15) is 36.1 Å². The topological polar surface area (TPSA) is 85.7 Å². The maximum Gasteiger partial charge on any atom is 0.355 e. The lowest BCUT2D eigenvalue weighted by Gasteiger charge is -2.48. The van der Waals surface area contributed by atoms with Gasteiger partial charge in [0.05, 0.1) is 7.11 Å². The van der Waals surface area contributed by atoms with Crippen LogP contribution < -0.4 is 39.0 Å². The van der Waals surface area contributed by atoms with Crippen LogP contribution in [0, 0.1) is 0 Å². The van der Waals surface area contributed by atoms with Crippen molar-refractivity contribution >= 4 is 47.8 Å². The number of carbonyl (C=O) groups excluding carboxylic acids is 2. The van der Waals surface area contributed by atoms with Gasteiger partial charge in [0.15, 0.2) is 18.9 Å². The molecule has 7 nitrogen and oxygen atoms in total. The average Bonchev–Trinajstić information content (AvgIpc) is 2.86. The van der Waals surface area contributed by atoms with E-state index in [1.165, 1.54) is 4.90 Å². The van der Waals surface area contributed by atoms with E-state index in [9.17, 15) is 14.0 Å². The van der Waals surface area contributed by atoms with Crippen molar-refractivity contribution in [2.45, 2.75) is 29.5 Å². The predicted octanol–water partition coefficient (Wildman–Crippen LogP) is -0.290. The van der Waals surface area contributed by atoms with Gasteiger partial charge in [-0.1, -0.05) is 12.1 Å². The molecule has 1 aromatic carbocycles. The number of pyridine rings is 1. The highest BCUT2D eigenvalue weighted by atomic mass is 127. The van der Waals surface area contributed by atoms with Crippen molar-refractivity contribution in [3.8, 4) is 5.75 Å². The summed E-state index contributed by atoms with van der Waals surface area (Å²) in [6, 6.07) is 10.5. The summed E-state index contributed by atoms with van der Waals surface area (Å²) in [7, 11) is 1.59. The van der Waals surface area contributed by atoms with Crippen LogP contribution in [0.25, 0.3) is 0 Å². The van der Waals surface area contributed by atoms with E-state index in [0.717, 1.165) is 21.8 Å². The minimum atomic E-state index is -0.603. The number of alkyl halides is 1. The maximum absolute atomic E-state index is 13.1. The SMILES string of the molecule is COc1ccc(COC(=O)C2=C(CSc3cc[n+](CCF)cc3)CS[C@H]3C(N)C(=O)N23)cc1.Cl.[I-]. The molecule has 0 bridgehead atoms. The van der Waals surface area contributed by atoms with Crippen LogP contribution in [0.2, 0.25) is 0 Å². The lowest BCUT2D eigenvalue weighted by molar-refractivity contribution is -0.697. The fourth-order valence-electron chi connectivity index (χ4n) is 3.58. The van der Waals surface area contributed by atoms with Crippen molar-refractivity contribution in [3.63, 3.8) is 0 Å². The van der Waals surface area contributed by atoms with E-state index in [1.807, 2.05) is 36.7 Å². The Hall–Kier alpha value is -1.54. The van der Waals surface area contributed by atoms with E-state index < -0.39 is 18.7 Å². The monoisotopic (exact) mass is 653 g/mol. The zero-order chi connectivity index (χ0) is 23.4. The molecular weight excluding hydrogens is 628 g/mol. The molecule has 35 heavy (non-hydrogen) atoms. The molecule has 0 saturated carbocycles. The number of thioether (sulfide) groups is 2. The first-order valence-electron chi connectivity index (χ1n) is 10.4. The second-order valence-corrected chi connectivity index (χ2v) is 9.72. The molecule has 4 rings (SSSR count). The quantitative estimate of drug-likeness (QED) is 0.131. The molecule has 0 spiro atoms. The number of nitrogens with two attached hydrogens (primary N) is 1. The Balaban J connectivity index is 0.00000216. The van der Waals surface area contributed by atoms with Gasteiger partial charge in [-0.3, -0.25) is 9.69 Å². The van der Waals surface area contributed by atoms with Gasteiger partial charge < -0.3 is 39.2 Å². The highest BCUT2D eigenvalue weighted by Gasteiger charge is 2.52. The van der Waals surface area contributed by atoms with Crippen LogP contribution in [-0.2, 0) is 27.5 Å². The van der Waals surface area contributed by atoms with Gasteiger partial charge in [-0.15, -0.1) is 35.9 Å². The second kappa shape index (κ2) is 13.7. The first-order valence-corrected chi connectivity index (χ1v) is 12.5. The van der Waals surface area contributed by atoms with Crippen molar-refractivity contribution in [2.75, 3.05) is 25.3 Å². The molecule has 2 atom stereocenters. The standard InChI is InChI=1S/C23H25FN3O4S2.ClH.HI/c1-30-17-4-2-15(3-5-17)12-31-23(29)20-16(14-33-22-19(25)21(28)27(20)22)13-32-18-6-9-26(10-7-18)11-8-24;;/h2-7,9-10,19,22H,8,11-14,25H2,1H3;2*1H/q+1;;/p-1/t19?,22-;;/m0../s1. The summed E-state index contributed by atoms with van der Waals surface area (Å²) >= 11 is 3.11. The third kappa shape index (κ3) is 6.82. The van der Waals surface area contributed by atoms with E-state index >= 15 is 0 Å².